The molecule has 112 valence electrons. The van der Waals surface area contributed by atoms with Crippen molar-refractivity contribution in [1.29, 1.82) is 0 Å². The Kier molecular flexibility index (Phi) is 3.47. The number of hydrogen-bond donors (Lipinski definition) is 0. The van der Waals surface area contributed by atoms with Gasteiger partial charge >= 0.3 is 6.18 Å². The summed E-state index contributed by atoms with van der Waals surface area (Å²) in [5.74, 6) is 2.39. The molecule has 2 heterocycles. The molecule has 0 amide bonds. The topological polar surface area (TPSA) is 30.7 Å². The van der Waals surface area contributed by atoms with E-state index >= 15 is 0 Å². The molecule has 1 aliphatic heterocycles. The highest BCUT2D eigenvalue weighted by Crippen LogP contribution is 2.29. The fourth-order valence-corrected chi connectivity index (χ4v) is 2.67. The molecule has 0 radical (unpaired) electrons. The van der Waals surface area contributed by atoms with Crippen molar-refractivity contribution >= 4 is 0 Å². The van der Waals surface area contributed by atoms with Gasteiger partial charge in [0.1, 0.15) is 11.6 Å². The van der Waals surface area contributed by atoms with E-state index in [1.165, 1.54) is 12.1 Å². The maximum atomic E-state index is 12.5. The van der Waals surface area contributed by atoms with Gasteiger partial charge in [-0.3, -0.25) is 0 Å². The van der Waals surface area contributed by atoms with Crippen LogP contribution >= 0.6 is 0 Å². The van der Waals surface area contributed by atoms with E-state index < -0.39 is 11.7 Å². The lowest BCUT2D eigenvalue weighted by atomic mass is 10.0. The summed E-state index contributed by atoms with van der Waals surface area (Å²) < 4.78 is 39.7. The summed E-state index contributed by atoms with van der Waals surface area (Å²) in [6, 6.07) is 5.25. The predicted octanol–water partition coefficient (Wildman–Crippen LogP) is 3.47. The second-order valence-electron chi connectivity index (χ2n) is 5.66. The molecular weight excluding hydrogens is 279 g/mol. The van der Waals surface area contributed by atoms with Crippen LogP contribution in [0.15, 0.2) is 24.3 Å². The van der Waals surface area contributed by atoms with Gasteiger partial charge in [-0.25, -0.2) is 0 Å². The summed E-state index contributed by atoms with van der Waals surface area (Å²) in [7, 11) is 0. The average Bonchev–Trinajstić information content (AvgIpc) is 2.81. The smallest absolute Gasteiger partial charge is 0.314 e. The van der Waals surface area contributed by atoms with Crippen molar-refractivity contribution in [3.05, 3.63) is 47.0 Å². The molecule has 3 nitrogen and oxygen atoms in total. The molecule has 2 aromatic rings. The van der Waals surface area contributed by atoms with E-state index in [1.807, 2.05) is 0 Å². The quantitative estimate of drug-likeness (QED) is 0.849. The van der Waals surface area contributed by atoms with Crippen molar-refractivity contribution in [1.82, 2.24) is 14.8 Å². The van der Waals surface area contributed by atoms with Crippen LogP contribution in [0.4, 0.5) is 13.2 Å². The van der Waals surface area contributed by atoms with Crippen LogP contribution in [0.3, 0.4) is 0 Å². The van der Waals surface area contributed by atoms with Crippen LogP contribution in [-0.4, -0.2) is 14.8 Å². The summed E-state index contributed by atoms with van der Waals surface area (Å²) in [4.78, 5) is 0. The maximum absolute atomic E-state index is 12.5. The molecule has 0 aliphatic carbocycles. The third-order valence-electron chi connectivity index (χ3n) is 3.90. The predicted molar refractivity (Wildman–Crippen MR) is 71.8 cm³/mol. The van der Waals surface area contributed by atoms with Gasteiger partial charge in [0.15, 0.2) is 0 Å². The van der Waals surface area contributed by atoms with Crippen molar-refractivity contribution in [2.45, 2.75) is 38.9 Å². The van der Waals surface area contributed by atoms with Crippen LogP contribution in [0.25, 0.3) is 0 Å². The van der Waals surface area contributed by atoms with Gasteiger partial charge in [-0.05, 0) is 30.0 Å². The third kappa shape index (κ3) is 2.94. The Hall–Kier alpha value is -1.85. The second kappa shape index (κ2) is 5.16. The molecule has 0 N–H and O–H groups in total. The molecule has 0 fully saturated rings. The fourth-order valence-electron chi connectivity index (χ4n) is 2.67. The first-order valence-corrected chi connectivity index (χ1v) is 7.00. The summed E-state index contributed by atoms with van der Waals surface area (Å²) >= 11 is 0. The largest absolute Gasteiger partial charge is 0.416 e. The van der Waals surface area contributed by atoms with Crippen LogP contribution in [-0.2, 0) is 25.6 Å². The lowest BCUT2D eigenvalue weighted by Gasteiger charge is -2.20. The SMILES string of the molecule is CC1CCc2nnc(Cc3ccc(C(F)(F)F)cc3)n2C1. The van der Waals surface area contributed by atoms with Crippen LogP contribution in [0.1, 0.15) is 36.1 Å². The number of aromatic nitrogens is 3. The molecule has 1 atom stereocenters. The van der Waals surface area contributed by atoms with Crippen molar-refractivity contribution < 1.29 is 13.2 Å². The number of benzene rings is 1. The summed E-state index contributed by atoms with van der Waals surface area (Å²) in [5.41, 5.74) is 0.194. The Balaban J connectivity index is 1.80. The van der Waals surface area contributed by atoms with Crippen LogP contribution in [0, 0.1) is 5.92 Å². The van der Waals surface area contributed by atoms with Crippen molar-refractivity contribution in [2.24, 2.45) is 5.92 Å². The van der Waals surface area contributed by atoms with E-state index in [-0.39, 0.29) is 0 Å². The first kappa shape index (κ1) is 14.1. The normalized spacial score (nSPS) is 18.6. The van der Waals surface area contributed by atoms with Gasteiger partial charge in [0, 0.05) is 19.4 Å². The van der Waals surface area contributed by atoms with Crippen LogP contribution in [0.2, 0.25) is 0 Å². The minimum atomic E-state index is -4.29. The van der Waals surface area contributed by atoms with Crippen LogP contribution in [0.5, 0.6) is 0 Å². The lowest BCUT2D eigenvalue weighted by Crippen LogP contribution is -2.20. The van der Waals surface area contributed by atoms with Gasteiger partial charge in [-0.15, -0.1) is 10.2 Å². The monoisotopic (exact) mass is 295 g/mol. The number of nitrogens with zero attached hydrogens (tertiary/aromatic N) is 3. The zero-order chi connectivity index (χ0) is 15.0. The molecule has 1 aromatic heterocycles. The second-order valence-corrected chi connectivity index (χ2v) is 5.66. The highest BCUT2D eigenvalue weighted by molar-refractivity contribution is 5.26. The minimum absolute atomic E-state index is 0.512. The molecule has 1 unspecified atom stereocenters. The van der Waals surface area contributed by atoms with E-state index in [4.69, 9.17) is 0 Å². The Morgan fingerprint density at radius 2 is 1.90 bits per heavy atom. The van der Waals surface area contributed by atoms with E-state index in [0.717, 1.165) is 48.7 Å². The van der Waals surface area contributed by atoms with Gasteiger partial charge in [0.05, 0.1) is 5.56 Å². The molecule has 6 heteroatoms. The molecule has 21 heavy (non-hydrogen) atoms. The zero-order valence-corrected chi connectivity index (χ0v) is 11.7. The molecule has 0 spiro atoms. The number of alkyl halides is 3. The van der Waals surface area contributed by atoms with E-state index in [9.17, 15) is 13.2 Å². The Labute approximate surface area is 120 Å². The number of rotatable bonds is 2. The maximum Gasteiger partial charge on any atom is 0.416 e. The number of fused-ring (bicyclic) bond motifs is 1. The zero-order valence-electron chi connectivity index (χ0n) is 11.7. The van der Waals surface area contributed by atoms with Gasteiger partial charge in [-0.1, -0.05) is 19.1 Å². The first-order chi connectivity index (χ1) is 9.93. The number of aryl methyl sites for hydroxylation is 1. The average molecular weight is 295 g/mol. The molecular formula is C15H16F3N3. The molecule has 0 bridgehead atoms. The highest BCUT2D eigenvalue weighted by atomic mass is 19.4. The van der Waals surface area contributed by atoms with E-state index in [0.29, 0.717) is 12.3 Å². The van der Waals surface area contributed by atoms with Crippen molar-refractivity contribution in [3.8, 4) is 0 Å². The molecule has 1 aliphatic rings. The van der Waals surface area contributed by atoms with Crippen molar-refractivity contribution in [3.63, 3.8) is 0 Å². The summed E-state index contributed by atoms with van der Waals surface area (Å²) in [6.45, 7) is 3.07. The third-order valence-corrected chi connectivity index (χ3v) is 3.90. The summed E-state index contributed by atoms with van der Waals surface area (Å²) in [5, 5.41) is 8.37. The van der Waals surface area contributed by atoms with Gasteiger partial charge in [0.2, 0.25) is 0 Å². The minimum Gasteiger partial charge on any atom is -0.314 e. The number of halogens is 3. The standard InChI is InChI=1S/C15H16F3N3/c1-10-2-7-13-19-20-14(21(13)9-10)8-11-3-5-12(6-4-11)15(16,17)18/h3-6,10H,2,7-9H2,1H3. The van der Waals surface area contributed by atoms with Gasteiger partial charge in [-0.2, -0.15) is 13.2 Å². The Bertz CT molecular complexity index is 629. The van der Waals surface area contributed by atoms with Crippen molar-refractivity contribution in [2.75, 3.05) is 0 Å². The molecule has 0 saturated heterocycles. The fraction of sp³-hybridized carbons (Fsp3) is 0.467. The lowest BCUT2D eigenvalue weighted by molar-refractivity contribution is -0.137. The highest BCUT2D eigenvalue weighted by Gasteiger charge is 2.30. The van der Waals surface area contributed by atoms with Crippen LogP contribution < -0.4 is 0 Å². The Morgan fingerprint density at radius 1 is 1.19 bits per heavy atom. The van der Waals surface area contributed by atoms with E-state index in [2.05, 4.69) is 21.7 Å². The molecule has 0 saturated carbocycles. The van der Waals surface area contributed by atoms with Gasteiger partial charge < -0.3 is 4.57 Å². The summed E-state index contributed by atoms with van der Waals surface area (Å²) in [6.07, 6.45) is -1.75. The van der Waals surface area contributed by atoms with Gasteiger partial charge in [0.25, 0.3) is 0 Å². The number of hydrogen-bond acceptors (Lipinski definition) is 2. The molecule has 1 aromatic carbocycles. The first-order valence-electron chi connectivity index (χ1n) is 7.00. The van der Waals surface area contributed by atoms with E-state index in [1.54, 1.807) is 0 Å². The Morgan fingerprint density at radius 3 is 2.57 bits per heavy atom. The molecule has 3 rings (SSSR count).